The third-order valence-corrected chi connectivity index (χ3v) is 5.32. The molecule has 1 saturated heterocycles. The highest BCUT2D eigenvalue weighted by molar-refractivity contribution is 5.88. The minimum atomic E-state index is -0.162. The molecular formula is C20H22N6O2. The van der Waals surface area contributed by atoms with Gasteiger partial charge < -0.3 is 14.6 Å². The van der Waals surface area contributed by atoms with Crippen LogP contribution in [0.4, 0.5) is 5.82 Å². The smallest absolute Gasteiger partial charge is 0.231 e. The molecule has 4 heterocycles. The number of nitriles is 1. The molecule has 28 heavy (non-hydrogen) atoms. The first-order valence-corrected chi connectivity index (χ1v) is 9.35. The Morgan fingerprint density at radius 3 is 2.93 bits per heavy atom. The minimum absolute atomic E-state index is 0.162. The zero-order valence-corrected chi connectivity index (χ0v) is 16.0. The largest absolute Gasteiger partial charge is 0.446 e. The van der Waals surface area contributed by atoms with Gasteiger partial charge in [0.05, 0.1) is 17.8 Å². The van der Waals surface area contributed by atoms with Gasteiger partial charge in [-0.3, -0.25) is 9.48 Å². The van der Waals surface area contributed by atoms with Crippen molar-refractivity contribution in [3.05, 3.63) is 40.5 Å². The van der Waals surface area contributed by atoms with E-state index in [4.69, 9.17) is 4.42 Å². The second kappa shape index (κ2) is 7.44. The molecule has 4 rings (SSSR count). The van der Waals surface area contributed by atoms with Crippen molar-refractivity contribution in [2.24, 2.45) is 13.0 Å². The molecule has 8 nitrogen and oxygen atoms in total. The van der Waals surface area contributed by atoms with E-state index in [0.717, 1.165) is 32.5 Å². The molecule has 0 aliphatic carbocycles. The minimum Gasteiger partial charge on any atom is -0.446 e. The van der Waals surface area contributed by atoms with Crippen molar-refractivity contribution in [2.75, 3.05) is 31.6 Å². The lowest BCUT2D eigenvalue weighted by Crippen LogP contribution is -2.35. The van der Waals surface area contributed by atoms with Crippen LogP contribution in [0.1, 0.15) is 18.5 Å². The second-order valence-electron chi connectivity index (χ2n) is 7.21. The van der Waals surface area contributed by atoms with Crippen LogP contribution in [0.3, 0.4) is 0 Å². The fraction of sp³-hybridized carbons (Fsp3) is 0.400. The highest BCUT2D eigenvalue weighted by atomic mass is 16.3. The Kier molecular flexibility index (Phi) is 4.84. The van der Waals surface area contributed by atoms with Crippen LogP contribution in [0, 0.1) is 17.2 Å². The van der Waals surface area contributed by atoms with Crippen LogP contribution in [-0.4, -0.2) is 41.4 Å². The van der Waals surface area contributed by atoms with Crippen LogP contribution in [-0.2, 0) is 7.05 Å². The zero-order valence-electron chi connectivity index (χ0n) is 16.0. The average molecular weight is 378 g/mol. The van der Waals surface area contributed by atoms with Gasteiger partial charge in [0.25, 0.3) is 0 Å². The lowest BCUT2D eigenvalue weighted by Gasteiger charge is -2.29. The molecule has 3 aromatic heterocycles. The fourth-order valence-corrected chi connectivity index (χ4v) is 3.80. The quantitative estimate of drug-likeness (QED) is 0.740. The number of piperidine rings is 1. The van der Waals surface area contributed by atoms with Crippen LogP contribution in [0.15, 0.2) is 33.8 Å². The van der Waals surface area contributed by atoms with Crippen LogP contribution < -0.4 is 15.6 Å². The number of anilines is 1. The summed E-state index contributed by atoms with van der Waals surface area (Å²) in [6, 6.07) is 5.34. The monoisotopic (exact) mass is 378 g/mol. The average Bonchev–Trinajstić information content (AvgIpc) is 3.08. The predicted octanol–water partition coefficient (Wildman–Crippen LogP) is 1.90. The summed E-state index contributed by atoms with van der Waals surface area (Å²) < 4.78 is 7.02. The summed E-state index contributed by atoms with van der Waals surface area (Å²) >= 11 is 0. The summed E-state index contributed by atoms with van der Waals surface area (Å²) in [6.45, 7) is 2.88. The number of rotatable bonds is 4. The van der Waals surface area contributed by atoms with Gasteiger partial charge in [0, 0.05) is 37.8 Å². The number of pyridine rings is 1. The predicted molar refractivity (Wildman–Crippen MR) is 106 cm³/mol. The summed E-state index contributed by atoms with van der Waals surface area (Å²) in [5.74, 6) is 1.24. The van der Waals surface area contributed by atoms with Gasteiger partial charge in [0.2, 0.25) is 5.71 Å². The fourth-order valence-electron chi connectivity index (χ4n) is 3.80. The van der Waals surface area contributed by atoms with Crippen LogP contribution >= 0.6 is 0 Å². The van der Waals surface area contributed by atoms with Gasteiger partial charge in [-0.05, 0) is 37.9 Å². The van der Waals surface area contributed by atoms with E-state index >= 15 is 0 Å². The molecule has 0 radical (unpaired) electrons. The highest BCUT2D eigenvalue weighted by Crippen LogP contribution is 2.33. The molecular weight excluding hydrogens is 356 g/mol. The van der Waals surface area contributed by atoms with E-state index in [1.165, 1.54) is 17.0 Å². The molecule has 1 aliphatic heterocycles. The van der Waals surface area contributed by atoms with E-state index < -0.39 is 0 Å². The first-order chi connectivity index (χ1) is 13.6. The van der Waals surface area contributed by atoms with Gasteiger partial charge in [0.15, 0.2) is 5.43 Å². The molecule has 0 spiro atoms. The molecule has 0 amide bonds. The molecule has 8 heteroatoms. The van der Waals surface area contributed by atoms with E-state index in [-0.39, 0.29) is 5.43 Å². The molecule has 1 N–H and O–H groups in total. The molecule has 0 bridgehead atoms. The Bertz CT molecular complexity index is 1100. The third kappa shape index (κ3) is 3.25. The van der Waals surface area contributed by atoms with Crippen molar-refractivity contribution < 1.29 is 4.42 Å². The van der Waals surface area contributed by atoms with Gasteiger partial charge >= 0.3 is 0 Å². The van der Waals surface area contributed by atoms with Crippen molar-refractivity contribution in [1.82, 2.24) is 20.1 Å². The maximum atomic E-state index is 12.3. The molecule has 0 aromatic carbocycles. The van der Waals surface area contributed by atoms with Crippen molar-refractivity contribution >= 4 is 16.9 Å². The Morgan fingerprint density at radius 2 is 2.18 bits per heavy atom. The molecule has 1 fully saturated rings. The van der Waals surface area contributed by atoms with Crippen LogP contribution in [0.2, 0.25) is 0 Å². The molecule has 3 aromatic rings. The van der Waals surface area contributed by atoms with Gasteiger partial charge in [-0.15, -0.1) is 0 Å². The SMILES string of the molecule is CN(CC1CCNCC1)c1nc2occc(=O)c2cc1-c1cnn(C)c1C#N. The number of aryl methyl sites for hydroxylation is 1. The Balaban J connectivity index is 1.85. The topological polar surface area (TPSA) is 100.0 Å². The maximum absolute atomic E-state index is 12.3. The highest BCUT2D eigenvalue weighted by Gasteiger charge is 2.22. The summed E-state index contributed by atoms with van der Waals surface area (Å²) in [5.41, 5.74) is 1.94. The van der Waals surface area contributed by atoms with Crippen molar-refractivity contribution in [1.29, 1.82) is 5.26 Å². The first kappa shape index (κ1) is 18.2. The number of nitrogens with one attached hydrogen (secondary N) is 1. The molecule has 0 unspecified atom stereocenters. The lowest BCUT2D eigenvalue weighted by atomic mass is 9.97. The van der Waals surface area contributed by atoms with Gasteiger partial charge in [-0.25, -0.2) is 0 Å². The van der Waals surface area contributed by atoms with Crippen molar-refractivity contribution in [2.45, 2.75) is 12.8 Å². The van der Waals surface area contributed by atoms with Crippen LogP contribution in [0.25, 0.3) is 22.2 Å². The van der Waals surface area contributed by atoms with Gasteiger partial charge in [0.1, 0.15) is 17.6 Å². The van der Waals surface area contributed by atoms with E-state index in [2.05, 4.69) is 26.4 Å². The molecule has 1 aliphatic rings. The second-order valence-corrected chi connectivity index (χ2v) is 7.21. The Morgan fingerprint density at radius 1 is 1.39 bits per heavy atom. The number of hydrogen-bond acceptors (Lipinski definition) is 7. The molecule has 0 atom stereocenters. The summed E-state index contributed by atoms with van der Waals surface area (Å²) in [5, 5.41) is 17.6. The van der Waals surface area contributed by atoms with E-state index in [1.807, 2.05) is 7.05 Å². The van der Waals surface area contributed by atoms with Crippen molar-refractivity contribution in [3.8, 4) is 17.2 Å². The van der Waals surface area contributed by atoms with Crippen molar-refractivity contribution in [3.63, 3.8) is 0 Å². The number of aromatic nitrogens is 3. The first-order valence-electron chi connectivity index (χ1n) is 9.35. The Labute approximate surface area is 162 Å². The van der Waals surface area contributed by atoms with E-state index in [0.29, 0.717) is 39.7 Å². The zero-order chi connectivity index (χ0) is 19.7. The van der Waals surface area contributed by atoms with Gasteiger partial charge in [-0.1, -0.05) is 0 Å². The molecule has 144 valence electrons. The maximum Gasteiger partial charge on any atom is 0.231 e. The summed E-state index contributed by atoms with van der Waals surface area (Å²) in [6.07, 6.45) is 5.23. The lowest BCUT2D eigenvalue weighted by molar-refractivity contribution is 0.377. The van der Waals surface area contributed by atoms with E-state index in [9.17, 15) is 10.1 Å². The van der Waals surface area contributed by atoms with Crippen LogP contribution in [0.5, 0.6) is 0 Å². The third-order valence-electron chi connectivity index (χ3n) is 5.32. The molecule has 0 saturated carbocycles. The number of hydrogen-bond donors (Lipinski definition) is 1. The normalized spacial score (nSPS) is 14.9. The van der Waals surface area contributed by atoms with Gasteiger partial charge in [-0.2, -0.15) is 15.3 Å². The Hall–Kier alpha value is -3.18. The summed E-state index contributed by atoms with van der Waals surface area (Å²) in [7, 11) is 3.71. The van der Waals surface area contributed by atoms with E-state index in [1.54, 1.807) is 19.3 Å². The number of fused-ring (bicyclic) bond motifs is 1. The standard InChI is InChI=1S/C20H22N6O2/c1-25(12-13-3-6-22-7-4-13)19-14(16-11-23-26(2)17(16)10-21)9-15-18(27)5-8-28-20(15)24-19/h5,8-9,11,13,22H,3-4,6-7,12H2,1-2H3. The number of nitrogens with zero attached hydrogens (tertiary/aromatic N) is 5. The summed E-state index contributed by atoms with van der Waals surface area (Å²) in [4.78, 5) is 19.1.